The SMILES string of the molecule is COC1CCN(c2ccc(NC(=O)CCc3ccc(S(C)(=O)=O)cc3)cc2)CC1. The van der Waals surface area contributed by atoms with Crippen LogP contribution in [0.15, 0.2) is 53.4 Å². The van der Waals surface area contributed by atoms with Gasteiger partial charge in [-0.2, -0.15) is 0 Å². The van der Waals surface area contributed by atoms with Crippen LogP contribution in [0.3, 0.4) is 0 Å². The second-order valence-corrected chi connectivity index (χ2v) is 9.45. The van der Waals surface area contributed by atoms with Gasteiger partial charge in [0.25, 0.3) is 0 Å². The van der Waals surface area contributed by atoms with E-state index in [-0.39, 0.29) is 10.8 Å². The molecule has 2 aromatic rings. The fourth-order valence-corrected chi connectivity index (χ4v) is 4.12. The molecule has 1 amide bonds. The van der Waals surface area contributed by atoms with Crippen LogP contribution in [0.5, 0.6) is 0 Å². The molecule has 2 aromatic carbocycles. The van der Waals surface area contributed by atoms with E-state index in [1.54, 1.807) is 31.4 Å². The first-order valence-corrected chi connectivity index (χ1v) is 11.7. The highest BCUT2D eigenvalue weighted by atomic mass is 32.2. The van der Waals surface area contributed by atoms with Crippen molar-refractivity contribution in [3.63, 3.8) is 0 Å². The molecule has 0 bridgehead atoms. The van der Waals surface area contributed by atoms with Crippen LogP contribution in [0.25, 0.3) is 0 Å². The molecule has 6 nitrogen and oxygen atoms in total. The first-order chi connectivity index (χ1) is 13.8. The zero-order valence-electron chi connectivity index (χ0n) is 16.9. The number of hydrogen-bond acceptors (Lipinski definition) is 5. The van der Waals surface area contributed by atoms with Crippen LogP contribution in [0.2, 0.25) is 0 Å². The maximum atomic E-state index is 12.2. The molecular formula is C22H28N2O4S. The smallest absolute Gasteiger partial charge is 0.224 e. The van der Waals surface area contributed by atoms with Gasteiger partial charge in [0.2, 0.25) is 5.91 Å². The molecule has 0 spiro atoms. The second kappa shape index (κ2) is 9.41. The van der Waals surface area contributed by atoms with Gasteiger partial charge in [0.1, 0.15) is 0 Å². The summed E-state index contributed by atoms with van der Waals surface area (Å²) in [4.78, 5) is 14.9. The van der Waals surface area contributed by atoms with Crippen molar-refractivity contribution in [3.8, 4) is 0 Å². The van der Waals surface area contributed by atoms with Gasteiger partial charge in [0.15, 0.2) is 9.84 Å². The standard InChI is InChI=1S/C22H28N2O4S/c1-28-20-13-15-24(16-14-20)19-8-6-18(7-9-19)23-22(25)12-5-17-3-10-21(11-4-17)29(2,26)27/h3-4,6-11,20H,5,12-16H2,1-2H3,(H,23,25). The molecule has 7 heteroatoms. The Bertz CT molecular complexity index is 916. The number of ether oxygens (including phenoxy) is 1. The van der Waals surface area contributed by atoms with Gasteiger partial charge in [-0.05, 0) is 61.2 Å². The van der Waals surface area contributed by atoms with Crippen molar-refractivity contribution in [1.29, 1.82) is 0 Å². The predicted molar refractivity (Wildman–Crippen MR) is 115 cm³/mol. The zero-order chi connectivity index (χ0) is 20.9. The minimum atomic E-state index is -3.20. The van der Waals surface area contributed by atoms with Gasteiger partial charge in [-0.25, -0.2) is 8.42 Å². The Morgan fingerprint density at radius 2 is 1.69 bits per heavy atom. The van der Waals surface area contributed by atoms with Gasteiger partial charge in [-0.3, -0.25) is 4.79 Å². The third-order valence-electron chi connectivity index (χ3n) is 5.28. The van der Waals surface area contributed by atoms with Crippen LogP contribution in [0, 0.1) is 0 Å². The van der Waals surface area contributed by atoms with E-state index < -0.39 is 9.84 Å². The lowest BCUT2D eigenvalue weighted by molar-refractivity contribution is -0.116. The van der Waals surface area contributed by atoms with Crippen molar-refractivity contribution in [1.82, 2.24) is 0 Å². The molecule has 0 aliphatic carbocycles. The number of rotatable bonds is 7. The number of methoxy groups -OCH3 is 1. The average Bonchev–Trinajstić information content (AvgIpc) is 2.72. The van der Waals surface area contributed by atoms with E-state index in [1.165, 1.54) is 6.26 Å². The van der Waals surface area contributed by atoms with Crippen LogP contribution >= 0.6 is 0 Å². The summed E-state index contributed by atoms with van der Waals surface area (Å²) >= 11 is 0. The first-order valence-electron chi connectivity index (χ1n) is 9.82. The van der Waals surface area contributed by atoms with Crippen LogP contribution in [-0.4, -0.2) is 46.9 Å². The van der Waals surface area contributed by atoms with E-state index in [1.807, 2.05) is 24.3 Å². The molecule has 1 heterocycles. The van der Waals surface area contributed by atoms with Crippen molar-refractivity contribution in [2.75, 3.05) is 36.7 Å². The largest absolute Gasteiger partial charge is 0.381 e. The maximum absolute atomic E-state index is 12.2. The quantitative estimate of drug-likeness (QED) is 0.750. The summed E-state index contributed by atoms with van der Waals surface area (Å²) in [7, 11) is -1.43. The van der Waals surface area contributed by atoms with E-state index in [2.05, 4.69) is 10.2 Å². The van der Waals surface area contributed by atoms with Crippen LogP contribution < -0.4 is 10.2 Å². The number of nitrogens with one attached hydrogen (secondary N) is 1. The Morgan fingerprint density at radius 1 is 1.07 bits per heavy atom. The van der Waals surface area contributed by atoms with Gasteiger partial charge in [-0.15, -0.1) is 0 Å². The lowest BCUT2D eigenvalue weighted by Gasteiger charge is -2.33. The van der Waals surface area contributed by atoms with E-state index in [9.17, 15) is 13.2 Å². The fourth-order valence-electron chi connectivity index (χ4n) is 3.49. The summed E-state index contributed by atoms with van der Waals surface area (Å²) in [6, 6.07) is 14.6. The van der Waals surface area contributed by atoms with Crippen molar-refractivity contribution in [2.24, 2.45) is 0 Å². The molecule has 0 unspecified atom stereocenters. The van der Waals surface area contributed by atoms with Gasteiger partial charge >= 0.3 is 0 Å². The molecule has 0 saturated carbocycles. The Kier molecular flexibility index (Phi) is 6.92. The van der Waals surface area contributed by atoms with Crippen LogP contribution in [0.1, 0.15) is 24.8 Å². The molecule has 0 radical (unpaired) electrons. The average molecular weight is 417 g/mol. The highest BCUT2D eigenvalue weighted by molar-refractivity contribution is 7.90. The lowest BCUT2D eigenvalue weighted by atomic mass is 10.1. The minimum Gasteiger partial charge on any atom is -0.381 e. The third-order valence-corrected chi connectivity index (χ3v) is 6.41. The Morgan fingerprint density at radius 3 is 2.24 bits per heavy atom. The molecule has 0 atom stereocenters. The van der Waals surface area contributed by atoms with Crippen LogP contribution in [-0.2, 0) is 25.8 Å². The summed E-state index contributed by atoms with van der Waals surface area (Å²) in [6.07, 6.45) is 4.49. The molecule has 1 aliphatic heterocycles. The molecule has 1 N–H and O–H groups in total. The van der Waals surface area contributed by atoms with Crippen molar-refractivity contribution in [2.45, 2.75) is 36.7 Å². The van der Waals surface area contributed by atoms with E-state index in [4.69, 9.17) is 4.74 Å². The number of carbonyl (C=O) groups excluding carboxylic acids is 1. The number of sulfone groups is 1. The molecule has 0 aromatic heterocycles. The second-order valence-electron chi connectivity index (χ2n) is 7.43. The minimum absolute atomic E-state index is 0.0640. The van der Waals surface area contributed by atoms with E-state index >= 15 is 0 Å². The lowest BCUT2D eigenvalue weighted by Crippen LogP contribution is -2.36. The number of carbonyl (C=O) groups is 1. The number of hydrogen-bond donors (Lipinski definition) is 1. The first kappa shape index (κ1) is 21.3. The predicted octanol–water partition coefficient (Wildman–Crippen LogP) is 3.28. The Hall–Kier alpha value is -2.38. The molecule has 1 aliphatic rings. The number of anilines is 2. The van der Waals surface area contributed by atoms with E-state index in [0.717, 1.165) is 42.9 Å². The molecular weight excluding hydrogens is 388 g/mol. The maximum Gasteiger partial charge on any atom is 0.224 e. The summed E-state index contributed by atoms with van der Waals surface area (Å²) in [5, 5.41) is 2.92. The zero-order valence-corrected chi connectivity index (χ0v) is 17.7. The fraction of sp³-hybridized carbons (Fsp3) is 0.409. The Labute approximate surface area is 172 Å². The highest BCUT2D eigenvalue weighted by Gasteiger charge is 2.18. The van der Waals surface area contributed by atoms with Gasteiger partial charge in [0.05, 0.1) is 11.0 Å². The molecule has 1 saturated heterocycles. The van der Waals surface area contributed by atoms with Gasteiger partial charge in [0, 0.05) is 44.3 Å². The summed E-state index contributed by atoms with van der Waals surface area (Å²) in [5.41, 5.74) is 2.86. The molecule has 29 heavy (non-hydrogen) atoms. The van der Waals surface area contributed by atoms with Crippen molar-refractivity contribution < 1.29 is 17.9 Å². The summed E-state index contributed by atoms with van der Waals surface area (Å²) in [6.45, 7) is 1.95. The van der Waals surface area contributed by atoms with Crippen molar-refractivity contribution >= 4 is 27.1 Å². The van der Waals surface area contributed by atoms with Gasteiger partial charge in [-0.1, -0.05) is 12.1 Å². The summed E-state index contributed by atoms with van der Waals surface area (Å²) < 4.78 is 28.4. The van der Waals surface area contributed by atoms with Crippen LogP contribution in [0.4, 0.5) is 11.4 Å². The number of piperidine rings is 1. The number of nitrogens with zero attached hydrogens (tertiary/aromatic N) is 1. The van der Waals surface area contributed by atoms with Crippen molar-refractivity contribution in [3.05, 3.63) is 54.1 Å². The monoisotopic (exact) mass is 416 g/mol. The number of benzene rings is 2. The molecule has 1 fully saturated rings. The summed E-state index contributed by atoms with van der Waals surface area (Å²) in [5.74, 6) is -0.0640. The Balaban J connectivity index is 1.48. The topological polar surface area (TPSA) is 75.7 Å². The number of aryl methyl sites for hydroxylation is 1. The highest BCUT2D eigenvalue weighted by Crippen LogP contribution is 2.23. The molecule has 156 valence electrons. The molecule has 3 rings (SSSR count). The number of amides is 1. The normalized spacial score (nSPS) is 15.3. The van der Waals surface area contributed by atoms with Gasteiger partial charge < -0.3 is 15.0 Å². The van der Waals surface area contributed by atoms with E-state index in [0.29, 0.717) is 18.9 Å². The third kappa shape index (κ3) is 6.05.